The van der Waals surface area contributed by atoms with Crippen LogP contribution in [0.5, 0.6) is 0 Å². The Kier molecular flexibility index (Phi) is 5.46. The minimum atomic E-state index is -0.0101. The molecule has 0 saturated heterocycles. The topological polar surface area (TPSA) is 59.2 Å². The molecule has 0 atom stereocenters. The van der Waals surface area contributed by atoms with E-state index in [4.69, 9.17) is 16.0 Å². The molecule has 3 aromatic rings. The maximum Gasteiger partial charge on any atom is 0.229 e. The largest absolute Gasteiger partial charge is 0.444 e. The van der Waals surface area contributed by atoms with Crippen LogP contribution in [0.15, 0.2) is 59.3 Å². The maximum atomic E-state index is 12.5. The number of carbonyl (C=O) groups excluding carboxylic acids is 1. The molecule has 5 nitrogen and oxygen atoms in total. The number of hydrogen-bond donors (Lipinski definition) is 0. The molecular weight excluding hydrogens is 338 g/mol. The third kappa shape index (κ3) is 4.45. The van der Waals surface area contributed by atoms with Gasteiger partial charge in [-0.25, -0.2) is 4.98 Å². The van der Waals surface area contributed by atoms with Gasteiger partial charge in [0.25, 0.3) is 0 Å². The molecule has 0 N–H and O–H groups in total. The highest BCUT2D eigenvalue weighted by atomic mass is 35.5. The molecule has 0 aliphatic rings. The zero-order valence-electron chi connectivity index (χ0n) is 13.9. The highest BCUT2D eigenvalue weighted by Gasteiger charge is 2.16. The number of rotatable bonds is 6. The minimum absolute atomic E-state index is 0.0101. The van der Waals surface area contributed by atoms with Crippen molar-refractivity contribution in [2.24, 2.45) is 0 Å². The van der Waals surface area contributed by atoms with Crippen LogP contribution in [-0.4, -0.2) is 27.3 Å². The number of nitrogens with zero attached hydrogens (tertiary/aromatic N) is 3. The lowest BCUT2D eigenvalue weighted by Gasteiger charge is -2.19. The quantitative estimate of drug-likeness (QED) is 0.671. The number of likely N-dealkylation sites (N-methyl/N-ethyl adjacent to an activating group) is 1. The first-order valence-electron chi connectivity index (χ1n) is 8.03. The maximum absolute atomic E-state index is 12.5. The van der Waals surface area contributed by atoms with Crippen molar-refractivity contribution in [3.05, 3.63) is 71.3 Å². The Morgan fingerprint density at radius 1 is 1.16 bits per heavy atom. The molecule has 0 fully saturated rings. The smallest absolute Gasteiger partial charge is 0.229 e. The lowest BCUT2D eigenvalue weighted by atomic mass is 10.2. The summed E-state index contributed by atoms with van der Waals surface area (Å²) in [6.07, 6.45) is 3.44. The van der Waals surface area contributed by atoms with Crippen LogP contribution in [0.3, 0.4) is 0 Å². The van der Waals surface area contributed by atoms with Gasteiger partial charge in [-0.05, 0) is 43.3 Å². The molecule has 6 heteroatoms. The summed E-state index contributed by atoms with van der Waals surface area (Å²) in [7, 11) is 0. The van der Waals surface area contributed by atoms with E-state index in [0.717, 1.165) is 11.3 Å². The molecule has 1 aromatic carbocycles. The van der Waals surface area contributed by atoms with E-state index in [9.17, 15) is 4.79 Å². The predicted molar refractivity (Wildman–Crippen MR) is 96.0 cm³/mol. The van der Waals surface area contributed by atoms with E-state index in [1.54, 1.807) is 23.2 Å². The van der Waals surface area contributed by atoms with Crippen LogP contribution in [0.1, 0.15) is 18.3 Å². The van der Waals surface area contributed by atoms with Crippen LogP contribution >= 0.6 is 11.6 Å². The van der Waals surface area contributed by atoms with Gasteiger partial charge in [0, 0.05) is 23.3 Å². The molecule has 1 amide bonds. The summed E-state index contributed by atoms with van der Waals surface area (Å²) >= 11 is 5.88. The van der Waals surface area contributed by atoms with Gasteiger partial charge in [0.2, 0.25) is 11.8 Å². The van der Waals surface area contributed by atoms with Crippen molar-refractivity contribution in [1.82, 2.24) is 14.9 Å². The normalized spacial score (nSPS) is 10.6. The standard InChI is InChI=1S/C19H18ClN3O2/c1-2-23(12-16-5-3-4-10-21-16)18(24)11-17-13-25-19(22-17)14-6-8-15(20)9-7-14/h3-10,13H,2,11-12H2,1H3. The van der Waals surface area contributed by atoms with Crippen molar-refractivity contribution >= 4 is 17.5 Å². The zero-order chi connectivity index (χ0) is 17.6. The van der Waals surface area contributed by atoms with Gasteiger partial charge in [-0.1, -0.05) is 17.7 Å². The molecule has 128 valence electrons. The van der Waals surface area contributed by atoms with Crippen molar-refractivity contribution in [3.8, 4) is 11.5 Å². The van der Waals surface area contributed by atoms with Gasteiger partial charge >= 0.3 is 0 Å². The fourth-order valence-corrected chi connectivity index (χ4v) is 2.57. The second-order valence-electron chi connectivity index (χ2n) is 5.56. The first kappa shape index (κ1) is 17.2. The molecule has 0 spiro atoms. The Hall–Kier alpha value is -2.66. The van der Waals surface area contributed by atoms with Crippen LogP contribution in [0.25, 0.3) is 11.5 Å². The molecule has 0 saturated carbocycles. The Morgan fingerprint density at radius 2 is 1.96 bits per heavy atom. The van der Waals surface area contributed by atoms with E-state index >= 15 is 0 Å². The van der Waals surface area contributed by atoms with Crippen LogP contribution in [0.4, 0.5) is 0 Å². The molecule has 0 radical (unpaired) electrons. The van der Waals surface area contributed by atoms with Gasteiger partial charge in [0.1, 0.15) is 6.26 Å². The Morgan fingerprint density at radius 3 is 2.64 bits per heavy atom. The fraction of sp³-hybridized carbons (Fsp3) is 0.211. The molecular formula is C19H18ClN3O2. The lowest BCUT2D eigenvalue weighted by Crippen LogP contribution is -2.32. The van der Waals surface area contributed by atoms with Crippen LogP contribution in [0, 0.1) is 0 Å². The molecule has 0 unspecified atom stereocenters. The van der Waals surface area contributed by atoms with Gasteiger partial charge in [0.05, 0.1) is 24.4 Å². The van der Waals surface area contributed by atoms with Crippen LogP contribution in [-0.2, 0) is 17.8 Å². The summed E-state index contributed by atoms with van der Waals surface area (Å²) in [6.45, 7) is 3.04. The molecule has 2 aromatic heterocycles. The van der Waals surface area contributed by atoms with Gasteiger partial charge < -0.3 is 9.32 Å². The average molecular weight is 356 g/mol. The summed E-state index contributed by atoms with van der Waals surface area (Å²) < 4.78 is 5.49. The van der Waals surface area contributed by atoms with E-state index in [1.807, 2.05) is 37.3 Å². The molecule has 25 heavy (non-hydrogen) atoms. The summed E-state index contributed by atoms with van der Waals surface area (Å²) in [5, 5.41) is 0.652. The Balaban J connectivity index is 1.67. The van der Waals surface area contributed by atoms with Crippen molar-refractivity contribution in [2.75, 3.05) is 6.54 Å². The van der Waals surface area contributed by atoms with E-state index in [1.165, 1.54) is 6.26 Å². The Labute approximate surface area is 151 Å². The Bertz CT molecular complexity index is 831. The van der Waals surface area contributed by atoms with Crippen LogP contribution < -0.4 is 0 Å². The summed E-state index contributed by atoms with van der Waals surface area (Å²) in [4.78, 5) is 23.0. The fourth-order valence-electron chi connectivity index (χ4n) is 2.44. The van der Waals surface area contributed by atoms with E-state index in [-0.39, 0.29) is 12.3 Å². The number of pyridine rings is 1. The first-order valence-corrected chi connectivity index (χ1v) is 8.41. The number of hydrogen-bond acceptors (Lipinski definition) is 4. The van der Waals surface area contributed by atoms with Crippen molar-refractivity contribution < 1.29 is 9.21 Å². The second kappa shape index (κ2) is 7.94. The number of aromatic nitrogens is 2. The van der Waals surface area contributed by atoms with Crippen molar-refractivity contribution in [1.29, 1.82) is 0 Å². The average Bonchev–Trinajstić information content (AvgIpc) is 3.09. The van der Waals surface area contributed by atoms with Gasteiger partial charge in [-0.3, -0.25) is 9.78 Å². The van der Waals surface area contributed by atoms with Crippen molar-refractivity contribution in [2.45, 2.75) is 19.9 Å². The SMILES string of the molecule is CCN(Cc1ccccn1)C(=O)Cc1coc(-c2ccc(Cl)cc2)n1. The molecule has 3 rings (SSSR count). The first-order chi connectivity index (χ1) is 12.2. The number of carbonyl (C=O) groups is 1. The van der Waals surface area contributed by atoms with Crippen molar-refractivity contribution in [3.63, 3.8) is 0 Å². The minimum Gasteiger partial charge on any atom is -0.444 e. The number of halogens is 1. The van der Waals surface area contributed by atoms with Crippen LogP contribution in [0.2, 0.25) is 5.02 Å². The number of oxazole rings is 1. The third-order valence-electron chi connectivity index (χ3n) is 3.79. The van der Waals surface area contributed by atoms with Gasteiger partial charge in [-0.15, -0.1) is 0 Å². The zero-order valence-corrected chi connectivity index (χ0v) is 14.6. The van der Waals surface area contributed by atoms with Gasteiger partial charge in [-0.2, -0.15) is 0 Å². The highest BCUT2D eigenvalue weighted by Crippen LogP contribution is 2.21. The summed E-state index contributed by atoms with van der Waals surface area (Å²) in [5.41, 5.74) is 2.29. The molecule has 0 bridgehead atoms. The van der Waals surface area contributed by atoms with E-state index in [0.29, 0.717) is 29.7 Å². The molecule has 0 aliphatic carbocycles. The second-order valence-corrected chi connectivity index (χ2v) is 5.99. The van der Waals surface area contributed by atoms with E-state index in [2.05, 4.69) is 9.97 Å². The molecule has 0 aliphatic heterocycles. The molecule has 2 heterocycles. The predicted octanol–water partition coefficient (Wildman–Crippen LogP) is 3.98. The third-order valence-corrected chi connectivity index (χ3v) is 4.04. The number of amides is 1. The van der Waals surface area contributed by atoms with Gasteiger partial charge in [0.15, 0.2) is 0 Å². The number of benzene rings is 1. The highest BCUT2D eigenvalue weighted by molar-refractivity contribution is 6.30. The summed E-state index contributed by atoms with van der Waals surface area (Å²) in [5.74, 6) is 0.469. The summed E-state index contributed by atoms with van der Waals surface area (Å²) in [6, 6.07) is 12.9. The monoisotopic (exact) mass is 355 g/mol. The lowest BCUT2D eigenvalue weighted by molar-refractivity contribution is -0.131. The van der Waals surface area contributed by atoms with E-state index < -0.39 is 0 Å².